The van der Waals surface area contributed by atoms with E-state index in [1.54, 1.807) is 6.07 Å². The Morgan fingerprint density at radius 2 is 2.28 bits per heavy atom. The van der Waals surface area contributed by atoms with Gasteiger partial charge in [-0.05, 0) is 49.8 Å². The van der Waals surface area contributed by atoms with E-state index in [-0.39, 0.29) is 11.1 Å². The van der Waals surface area contributed by atoms with E-state index >= 15 is 0 Å². The highest BCUT2D eigenvalue weighted by Gasteiger charge is 2.18. The number of benzene rings is 1. The van der Waals surface area contributed by atoms with Gasteiger partial charge in [0.15, 0.2) is 0 Å². The molecular weight excluding hydrogens is 255 g/mol. The van der Waals surface area contributed by atoms with Gasteiger partial charge < -0.3 is 9.84 Å². The summed E-state index contributed by atoms with van der Waals surface area (Å²) in [7, 11) is 0. The predicted octanol–water partition coefficient (Wildman–Crippen LogP) is 3.34. The summed E-state index contributed by atoms with van der Waals surface area (Å²) < 4.78 is 18.8. The zero-order valence-electron chi connectivity index (χ0n) is 10.2. The molecule has 1 heterocycles. The Labute approximate surface area is 112 Å². The highest BCUT2D eigenvalue weighted by Crippen LogP contribution is 2.20. The zero-order valence-corrected chi connectivity index (χ0v) is 11.0. The van der Waals surface area contributed by atoms with Crippen LogP contribution in [0.15, 0.2) is 18.2 Å². The zero-order chi connectivity index (χ0) is 13.0. The Hall–Kier alpha value is -0.640. The molecule has 18 heavy (non-hydrogen) atoms. The number of aliphatic hydroxyl groups excluding tert-OH is 1. The summed E-state index contributed by atoms with van der Waals surface area (Å²) in [5.74, 6) is -0.435. The van der Waals surface area contributed by atoms with E-state index in [9.17, 15) is 9.50 Å². The molecule has 0 amide bonds. The van der Waals surface area contributed by atoms with Crippen molar-refractivity contribution in [2.45, 2.75) is 44.3 Å². The second-order valence-corrected chi connectivity index (χ2v) is 5.24. The maximum absolute atomic E-state index is 13.2. The molecular formula is C14H18ClFO2. The van der Waals surface area contributed by atoms with Crippen LogP contribution in [0.3, 0.4) is 0 Å². The fourth-order valence-electron chi connectivity index (χ4n) is 2.32. The summed E-state index contributed by atoms with van der Waals surface area (Å²) in [5, 5.41) is 10.1. The average molecular weight is 273 g/mol. The average Bonchev–Trinajstić information content (AvgIpc) is 2.35. The number of rotatable bonds is 4. The van der Waals surface area contributed by atoms with Crippen LogP contribution in [0.2, 0.25) is 5.02 Å². The van der Waals surface area contributed by atoms with Crippen molar-refractivity contribution in [1.29, 1.82) is 0 Å². The molecule has 0 bridgehead atoms. The molecule has 2 atom stereocenters. The van der Waals surface area contributed by atoms with Crippen LogP contribution in [0.1, 0.15) is 31.2 Å². The molecule has 2 unspecified atom stereocenters. The van der Waals surface area contributed by atoms with Crippen LogP contribution in [-0.4, -0.2) is 23.9 Å². The lowest BCUT2D eigenvalue weighted by atomic mass is 9.99. The van der Waals surface area contributed by atoms with E-state index in [1.165, 1.54) is 12.1 Å². The van der Waals surface area contributed by atoms with Crippen molar-refractivity contribution in [2.24, 2.45) is 0 Å². The first-order valence-electron chi connectivity index (χ1n) is 6.39. The van der Waals surface area contributed by atoms with Gasteiger partial charge in [-0.2, -0.15) is 0 Å². The van der Waals surface area contributed by atoms with Crippen LogP contribution in [0.5, 0.6) is 0 Å². The molecule has 1 aromatic carbocycles. The molecule has 0 aliphatic carbocycles. The molecule has 1 aromatic rings. The molecule has 100 valence electrons. The van der Waals surface area contributed by atoms with Crippen molar-refractivity contribution in [3.05, 3.63) is 34.6 Å². The maximum Gasteiger partial charge on any atom is 0.142 e. The van der Waals surface area contributed by atoms with Crippen molar-refractivity contribution in [3.8, 4) is 0 Å². The van der Waals surface area contributed by atoms with Crippen LogP contribution in [0.25, 0.3) is 0 Å². The number of halogens is 2. The van der Waals surface area contributed by atoms with Gasteiger partial charge in [0.2, 0.25) is 0 Å². The summed E-state index contributed by atoms with van der Waals surface area (Å²) in [6.07, 6.45) is 3.98. The highest BCUT2D eigenvalue weighted by atomic mass is 35.5. The van der Waals surface area contributed by atoms with Crippen molar-refractivity contribution in [2.75, 3.05) is 6.61 Å². The van der Waals surface area contributed by atoms with E-state index < -0.39 is 11.9 Å². The second kappa shape index (κ2) is 6.50. The number of hydrogen-bond donors (Lipinski definition) is 1. The van der Waals surface area contributed by atoms with Gasteiger partial charge in [0, 0.05) is 6.61 Å². The smallest absolute Gasteiger partial charge is 0.142 e. The number of ether oxygens (including phenoxy) is 1. The minimum Gasteiger partial charge on any atom is -0.393 e. The minimum absolute atomic E-state index is 0.115. The van der Waals surface area contributed by atoms with E-state index in [1.807, 2.05) is 0 Å². The van der Waals surface area contributed by atoms with Crippen molar-refractivity contribution >= 4 is 11.6 Å². The Bertz CT molecular complexity index is 391. The molecule has 0 saturated carbocycles. The second-order valence-electron chi connectivity index (χ2n) is 4.83. The van der Waals surface area contributed by atoms with Gasteiger partial charge in [-0.25, -0.2) is 4.39 Å². The Morgan fingerprint density at radius 1 is 1.44 bits per heavy atom. The van der Waals surface area contributed by atoms with E-state index in [2.05, 4.69) is 0 Å². The fraction of sp³-hybridized carbons (Fsp3) is 0.571. The van der Waals surface area contributed by atoms with E-state index in [0.717, 1.165) is 31.4 Å². The summed E-state index contributed by atoms with van der Waals surface area (Å²) in [6, 6.07) is 4.65. The summed E-state index contributed by atoms with van der Waals surface area (Å²) in [6.45, 7) is 0.785. The molecule has 1 aliphatic rings. The summed E-state index contributed by atoms with van der Waals surface area (Å²) in [4.78, 5) is 0. The van der Waals surface area contributed by atoms with Gasteiger partial charge in [0.05, 0.1) is 17.2 Å². The highest BCUT2D eigenvalue weighted by molar-refractivity contribution is 6.30. The standard InChI is InChI=1S/C14H18ClFO2/c15-13-5-4-10(8-14(13)16)7-11(17)9-12-3-1-2-6-18-12/h4-5,8,11-12,17H,1-3,6-7,9H2. The lowest BCUT2D eigenvalue weighted by Gasteiger charge is -2.24. The first-order chi connectivity index (χ1) is 8.65. The van der Waals surface area contributed by atoms with Crippen LogP contribution >= 0.6 is 11.6 Å². The molecule has 1 aliphatic heterocycles. The molecule has 4 heteroatoms. The van der Waals surface area contributed by atoms with Gasteiger partial charge in [0.1, 0.15) is 5.82 Å². The van der Waals surface area contributed by atoms with Gasteiger partial charge >= 0.3 is 0 Å². The molecule has 0 radical (unpaired) electrons. The van der Waals surface area contributed by atoms with Crippen molar-refractivity contribution in [3.63, 3.8) is 0 Å². The lowest BCUT2D eigenvalue weighted by Crippen LogP contribution is -2.25. The van der Waals surface area contributed by atoms with Gasteiger partial charge in [0.25, 0.3) is 0 Å². The van der Waals surface area contributed by atoms with Crippen LogP contribution in [0.4, 0.5) is 4.39 Å². The SMILES string of the molecule is OC(Cc1ccc(Cl)c(F)c1)CC1CCCCO1. The number of aliphatic hydroxyl groups is 1. The van der Waals surface area contributed by atoms with E-state index in [4.69, 9.17) is 16.3 Å². The maximum atomic E-state index is 13.2. The predicted molar refractivity (Wildman–Crippen MR) is 69.3 cm³/mol. The quantitative estimate of drug-likeness (QED) is 0.911. The normalized spacial score (nSPS) is 21.8. The third kappa shape index (κ3) is 3.94. The minimum atomic E-state index is -0.492. The lowest BCUT2D eigenvalue weighted by molar-refractivity contribution is -0.0147. The molecule has 0 spiro atoms. The van der Waals surface area contributed by atoms with Gasteiger partial charge in [-0.1, -0.05) is 17.7 Å². The monoisotopic (exact) mass is 272 g/mol. The molecule has 1 fully saturated rings. The fourth-order valence-corrected chi connectivity index (χ4v) is 2.44. The topological polar surface area (TPSA) is 29.5 Å². The third-order valence-corrected chi connectivity index (χ3v) is 3.57. The van der Waals surface area contributed by atoms with Crippen LogP contribution in [-0.2, 0) is 11.2 Å². The van der Waals surface area contributed by atoms with Crippen LogP contribution < -0.4 is 0 Å². The Morgan fingerprint density at radius 3 is 2.94 bits per heavy atom. The van der Waals surface area contributed by atoms with Gasteiger partial charge in [-0.3, -0.25) is 0 Å². The van der Waals surface area contributed by atoms with Gasteiger partial charge in [-0.15, -0.1) is 0 Å². The first-order valence-corrected chi connectivity index (χ1v) is 6.76. The molecule has 2 rings (SSSR count). The van der Waals surface area contributed by atoms with E-state index in [0.29, 0.717) is 12.8 Å². The largest absolute Gasteiger partial charge is 0.393 e. The molecule has 1 saturated heterocycles. The third-order valence-electron chi connectivity index (χ3n) is 3.26. The first kappa shape index (κ1) is 13.8. The van der Waals surface area contributed by atoms with Crippen LogP contribution in [0, 0.1) is 5.82 Å². The summed E-state index contributed by atoms with van der Waals surface area (Å²) >= 11 is 5.62. The summed E-state index contributed by atoms with van der Waals surface area (Å²) in [5.41, 5.74) is 0.764. The van der Waals surface area contributed by atoms with Crippen molar-refractivity contribution in [1.82, 2.24) is 0 Å². The molecule has 0 aromatic heterocycles. The Kier molecular flexibility index (Phi) is 4.98. The molecule has 2 nitrogen and oxygen atoms in total. The Balaban J connectivity index is 1.85. The molecule has 1 N–H and O–H groups in total. The van der Waals surface area contributed by atoms with Crippen molar-refractivity contribution < 1.29 is 14.2 Å². The number of hydrogen-bond acceptors (Lipinski definition) is 2.